The third-order valence-electron chi connectivity index (χ3n) is 5.47. The number of hydrogen-bond donors (Lipinski definition) is 1. The van der Waals surface area contributed by atoms with Crippen LogP contribution in [0.5, 0.6) is 0 Å². The van der Waals surface area contributed by atoms with Gasteiger partial charge in [0.25, 0.3) is 15.9 Å². The highest BCUT2D eigenvalue weighted by atomic mass is 32.2. The highest BCUT2D eigenvalue weighted by Gasteiger charge is 2.25. The summed E-state index contributed by atoms with van der Waals surface area (Å²) in [6, 6.07) is 30.2. The number of benzene rings is 4. The summed E-state index contributed by atoms with van der Waals surface area (Å²) in [5.41, 5.74) is 2.11. The van der Waals surface area contributed by atoms with Gasteiger partial charge in [-0.1, -0.05) is 72.8 Å². The van der Waals surface area contributed by atoms with Crippen LogP contribution in [-0.2, 0) is 10.0 Å². The van der Waals surface area contributed by atoms with Gasteiger partial charge in [0.2, 0.25) is 0 Å². The van der Waals surface area contributed by atoms with Gasteiger partial charge in [-0.05, 0) is 47.5 Å². The number of halogens is 1. The van der Waals surface area contributed by atoms with Crippen LogP contribution in [0, 0.1) is 5.82 Å². The number of carbonyl (C=O) groups is 1. The Bertz CT molecular complexity index is 1340. The lowest BCUT2D eigenvalue weighted by atomic mass is 9.97. The van der Waals surface area contributed by atoms with E-state index >= 15 is 0 Å². The molecule has 1 amide bonds. The fraction of sp³-hybridized carbons (Fsp3) is 0.0741. The van der Waals surface area contributed by atoms with E-state index in [-0.39, 0.29) is 22.5 Å². The van der Waals surface area contributed by atoms with Gasteiger partial charge in [-0.25, -0.2) is 12.8 Å². The summed E-state index contributed by atoms with van der Waals surface area (Å²) in [6.45, 7) is 0. The number of anilines is 1. The molecule has 0 spiro atoms. The maximum atomic E-state index is 13.9. The molecule has 7 heteroatoms. The van der Waals surface area contributed by atoms with E-state index in [4.69, 9.17) is 0 Å². The number of rotatable bonds is 7. The van der Waals surface area contributed by atoms with Crippen LogP contribution in [0.25, 0.3) is 0 Å². The number of nitrogens with one attached hydrogen (secondary N) is 1. The molecular formula is C27H23FN2O3S. The second-order valence-electron chi connectivity index (χ2n) is 7.75. The fourth-order valence-electron chi connectivity index (χ4n) is 3.76. The van der Waals surface area contributed by atoms with Crippen molar-refractivity contribution in [1.29, 1.82) is 0 Å². The molecule has 172 valence electrons. The van der Waals surface area contributed by atoms with Crippen LogP contribution in [-0.4, -0.2) is 26.3 Å². The smallest absolute Gasteiger partial charge is 0.261 e. The molecule has 0 aliphatic heterocycles. The Morgan fingerprint density at radius 2 is 1.26 bits per heavy atom. The number of nitrogens with zero attached hydrogens (tertiary/aromatic N) is 1. The normalized spacial score (nSPS) is 11.3. The summed E-state index contributed by atoms with van der Waals surface area (Å²) < 4.78 is 41.5. The van der Waals surface area contributed by atoms with Gasteiger partial charge in [0.1, 0.15) is 5.82 Å². The Morgan fingerprint density at radius 1 is 0.765 bits per heavy atom. The molecule has 0 bridgehead atoms. The van der Waals surface area contributed by atoms with Crippen molar-refractivity contribution >= 4 is 21.6 Å². The number of carbonyl (C=O) groups excluding carboxylic acids is 1. The van der Waals surface area contributed by atoms with E-state index in [0.29, 0.717) is 5.56 Å². The molecule has 1 N–H and O–H groups in total. The first-order valence-electron chi connectivity index (χ1n) is 10.6. The van der Waals surface area contributed by atoms with Crippen LogP contribution in [0.2, 0.25) is 0 Å². The highest BCUT2D eigenvalue weighted by Crippen LogP contribution is 2.29. The van der Waals surface area contributed by atoms with Crippen molar-refractivity contribution in [2.45, 2.75) is 10.9 Å². The van der Waals surface area contributed by atoms with Crippen molar-refractivity contribution < 1.29 is 17.6 Å². The van der Waals surface area contributed by atoms with Crippen molar-refractivity contribution in [3.8, 4) is 0 Å². The van der Waals surface area contributed by atoms with E-state index in [2.05, 4.69) is 4.72 Å². The van der Waals surface area contributed by atoms with E-state index in [0.717, 1.165) is 11.1 Å². The van der Waals surface area contributed by atoms with Crippen LogP contribution >= 0.6 is 0 Å². The van der Waals surface area contributed by atoms with Gasteiger partial charge in [-0.15, -0.1) is 0 Å². The van der Waals surface area contributed by atoms with Crippen LogP contribution in [0.1, 0.15) is 27.5 Å². The van der Waals surface area contributed by atoms with Gasteiger partial charge in [-0.3, -0.25) is 9.52 Å². The molecular weight excluding hydrogens is 451 g/mol. The van der Waals surface area contributed by atoms with E-state index < -0.39 is 15.8 Å². The molecule has 0 aliphatic carbocycles. The maximum absolute atomic E-state index is 13.9. The Hall–Kier alpha value is -3.97. The minimum Gasteiger partial charge on any atom is -0.331 e. The largest absolute Gasteiger partial charge is 0.331 e. The third kappa shape index (κ3) is 5.00. The fourth-order valence-corrected chi connectivity index (χ4v) is 4.82. The third-order valence-corrected chi connectivity index (χ3v) is 6.85. The summed E-state index contributed by atoms with van der Waals surface area (Å²) in [6.07, 6.45) is 0. The molecule has 0 saturated heterocycles. The summed E-state index contributed by atoms with van der Waals surface area (Å²) in [4.78, 5) is 14.9. The molecule has 0 aliphatic rings. The first-order chi connectivity index (χ1) is 16.4. The lowest BCUT2D eigenvalue weighted by Gasteiger charge is -2.29. The number of amides is 1. The van der Waals surface area contributed by atoms with E-state index in [1.807, 2.05) is 60.7 Å². The van der Waals surface area contributed by atoms with E-state index in [1.54, 1.807) is 11.9 Å². The van der Waals surface area contributed by atoms with Gasteiger partial charge < -0.3 is 4.90 Å². The number of sulfonamides is 1. The molecule has 4 aromatic carbocycles. The molecule has 4 rings (SSSR count). The number of hydrogen-bond acceptors (Lipinski definition) is 3. The summed E-state index contributed by atoms with van der Waals surface area (Å²) in [5.74, 6) is -0.934. The van der Waals surface area contributed by atoms with Crippen molar-refractivity contribution in [1.82, 2.24) is 4.90 Å². The Labute approximate surface area is 198 Å². The van der Waals surface area contributed by atoms with Crippen molar-refractivity contribution in [2.75, 3.05) is 11.8 Å². The zero-order chi connectivity index (χ0) is 24.1. The van der Waals surface area contributed by atoms with Crippen LogP contribution in [0.4, 0.5) is 10.1 Å². The Morgan fingerprint density at radius 3 is 1.79 bits per heavy atom. The van der Waals surface area contributed by atoms with Gasteiger partial charge in [0, 0.05) is 12.6 Å². The SMILES string of the molecule is CN(C(=O)c1ccc(S(=O)(=O)Nc2ccccc2F)cc1)C(c1ccccc1)c1ccccc1. The molecule has 5 nitrogen and oxygen atoms in total. The predicted octanol–water partition coefficient (Wildman–Crippen LogP) is 5.49. The average molecular weight is 475 g/mol. The molecule has 0 fully saturated rings. The molecule has 0 unspecified atom stereocenters. The maximum Gasteiger partial charge on any atom is 0.261 e. The molecule has 0 aromatic heterocycles. The minimum absolute atomic E-state index is 0.0716. The number of para-hydroxylation sites is 1. The van der Waals surface area contributed by atoms with E-state index in [1.165, 1.54) is 48.5 Å². The van der Waals surface area contributed by atoms with Crippen molar-refractivity contribution in [3.05, 3.63) is 132 Å². The monoisotopic (exact) mass is 474 g/mol. The highest BCUT2D eigenvalue weighted by molar-refractivity contribution is 7.92. The van der Waals surface area contributed by atoms with Gasteiger partial charge in [-0.2, -0.15) is 0 Å². The molecule has 4 aromatic rings. The van der Waals surface area contributed by atoms with Gasteiger partial charge >= 0.3 is 0 Å². The summed E-state index contributed by atoms with van der Waals surface area (Å²) in [5, 5.41) is 0. The zero-order valence-corrected chi connectivity index (χ0v) is 19.2. The molecule has 0 radical (unpaired) electrons. The topological polar surface area (TPSA) is 66.5 Å². The lowest BCUT2D eigenvalue weighted by molar-refractivity contribution is 0.0755. The standard InChI is InChI=1S/C27H23FN2O3S/c1-30(26(20-10-4-2-5-11-20)21-12-6-3-7-13-21)27(31)22-16-18-23(19-17-22)34(32,33)29-25-15-9-8-14-24(25)28/h2-19,26,29H,1H3. The quantitative estimate of drug-likeness (QED) is 0.385. The molecule has 0 heterocycles. The van der Waals surface area contributed by atoms with Gasteiger partial charge in [0.15, 0.2) is 0 Å². The first kappa shape index (κ1) is 23.2. The molecule has 0 atom stereocenters. The Kier molecular flexibility index (Phi) is 6.75. The summed E-state index contributed by atoms with van der Waals surface area (Å²) in [7, 11) is -2.30. The molecule has 34 heavy (non-hydrogen) atoms. The summed E-state index contributed by atoms with van der Waals surface area (Å²) >= 11 is 0. The van der Waals surface area contributed by atoms with Crippen LogP contribution < -0.4 is 4.72 Å². The average Bonchev–Trinajstić information content (AvgIpc) is 2.86. The molecule has 0 saturated carbocycles. The van der Waals surface area contributed by atoms with Crippen molar-refractivity contribution in [3.63, 3.8) is 0 Å². The zero-order valence-electron chi connectivity index (χ0n) is 18.4. The second-order valence-corrected chi connectivity index (χ2v) is 9.43. The second kappa shape index (κ2) is 9.89. The van der Waals surface area contributed by atoms with E-state index in [9.17, 15) is 17.6 Å². The van der Waals surface area contributed by atoms with Gasteiger partial charge in [0.05, 0.1) is 16.6 Å². The first-order valence-corrected chi connectivity index (χ1v) is 12.1. The van der Waals surface area contributed by atoms with Crippen LogP contribution in [0.15, 0.2) is 114 Å². The van der Waals surface area contributed by atoms with Crippen molar-refractivity contribution in [2.24, 2.45) is 0 Å². The van der Waals surface area contributed by atoms with Crippen LogP contribution in [0.3, 0.4) is 0 Å². The predicted molar refractivity (Wildman–Crippen MR) is 130 cm³/mol. The minimum atomic E-state index is -4.02. The Balaban J connectivity index is 1.59. The lowest BCUT2D eigenvalue weighted by Crippen LogP contribution is -2.32.